The summed E-state index contributed by atoms with van der Waals surface area (Å²) in [6, 6.07) is 29.8. The monoisotopic (exact) mass is 646 g/mol. The van der Waals surface area contributed by atoms with Crippen molar-refractivity contribution >= 4 is 99.0 Å². The van der Waals surface area contributed by atoms with Gasteiger partial charge in [0.05, 0.1) is 22.1 Å². The number of hydrogen-bond donors (Lipinski definition) is 0. The first kappa shape index (κ1) is 25.2. The molecule has 0 spiro atoms. The normalized spacial score (nSPS) is 11.7. The summed E-state index contributed by atoms with van der Waals surface area (Å²) >= 11 is 11.2. The van der Waals surface area contributed by atoms with Gasteiger partial charge in [0.1, 0.15) is 0 Å². The number of pyridine rings is 2. The number of aromatic nitrogens is 2. The number of halogens is 2. The third kappa shape index (κ3) is 5.40. The molecule has 6 heteroatoms. The van der Waals surface area contributed by atoms with Crippen molar-refractivity contribution in [3.8, 4) is 0 Å². The molecule has 6 rings (SSSR count). The lowest BCUT2D eigenvalue weighted by molar-refractivity contribution is 0.786. The first-order valence-electron chi connectivity index (χ1n) is 12.4. The first-order valence-corrected chi connectivity index (χ1v) is 15.9. The van der Waals surface area contributed by atoms with E-state index in [1.54, 1.807) is 0 Å². The fourth-order valence-corrected chi connectivity index (χ4v) is 7.81. The molecule has 0 unspecified atom stereocenters. The average molecular weight is 648 g/mol. The highest BCUT2D eigenvalue weighted by atomic mass is 79.9. The molecule has 4 aromatic carbocycles. The van der Waals surface area contributed by atoms with Gasteiger partial charge in [0.2, 0.25) is 0 Å². The summed E-state index contributed by atoms with van der Waals surface area (Å²) in [6.07, 6.45) is 3.61. The van der Waals surface area contributed by atoms with Crippen LogP contribution in [0, 0.1) is 0 Å². The highest BCUT2D eigenvalue weighted by Gasteiger charge is 2.12. The van der Waals surface area contributed by atoms with Crippen LogP contribution in [0.1, 0.15) is 19.3 Å². The van der Waals surface area contributed by atoms with Gasteiger partial charge in [0.25, 0.3) is 0 Å². The Bertz CT molecular complexity index is 1620. The van der Waals surface area contributed by atoms with Gasteiger partial charge in [-0.15, -0.1) is 23.5 Å². The van der Waals surface area contributed by atoms with Gasteiger partial charge in [0, 0.05) is 40.3 Å². The van der Waals surface area contributed by atoms with Gasteiger partial charge < -0.3 is 0 Å². The minimum Gasteiger partial charge on any atom is -0.248 e. The molecule has 0 aliphatic carbocycles. The molecule has 0 N–H and O–H groups in total. The van der Waals surface area contributed by atoms with E-state index in [1.807, 2.05) is 23.5 Å². The molecule has 0 radical (unpaired) electrons. The van der Waals surface area contributed by atoms with Crippen molar-refractivity contribution in [2.45, 2.75) is 29.1 Å². The minimum atomic E-state index is 1.06. The van der Waals surface area contributed by atoms with Crippen LogP contribution in [0.3, 0.4) is 0 Å². The maximum atomic E-state index is 4.88. The average Bonchev–Trinajstić information content (AvgIpc) is 2.92. The maximum absolute atomic E-state index is 4.88. The second kappa shape index (κ2) is 11.3. The molecule has 0 atom stereocenters. The molecule has 0 bridgehead atoms. The highest BCUT2D eigenvalue weighted by Crippen LogP contribution is 2.37. The quantitative estimate of drug-likeness (QED) is 0.0932. The Hall–Kier alpha value is -2.12. The standard InChI is InChI=1S/C31H24Br2N2S2/c32-20-12-14-28-24(18-20)30(22-8-2-4-10-26(22)34-28)36-16-6-1-7-17-37-31-23-9-3-5-11-27(23)35-29-15-13-21(33)19-25(29)31/h2-5,8-15,18-19H,1,6-7,16-17H2. The van der Waals surface area contributed by atoms with E-state index in [0.717, 1.165) is 42.5 Å². The fourth-order valence-electron chi connectivity index (χ4n) is 4.69. The second-order valence-corrected chi connectivity index (χ2v) is 13.0. The maximum Gasteiger partial charge on any atom is 0.0721 e. The Kier molecular flexibility index (Phi) is 7.70. The van der Waals surface area contributed by atoms with Crippen LogP contribution in [0.15, 0.2) is 104 Å². The molecule has 0 amide bonds. The number of rotatable bonds is 8. The van der Waals surface area contributed by atoms with Gasteiger partial charge in [-0.1, -0.05) is 74.7 Å². The van der Waals surface area contributed by atoms with E-state index < -0.39 is 0 Å². The summed E-state index contributed by atoms with van der Waals surface area (Å²) in [5, 5.41) is 4.96. The van der Waals surface area contributed by atoms with Crippen molar-refractivity contribution in [2.75, 3.05) is 11.5 Å². The smallest absolute Gasteiger partial charge is 0.0721 e. The molecule has 2 aromatic heterocycles. The first-order chi connectivity index (χ1) is 18.2. The Morgan fingerprint density at radius 1 is 0.486 bits per heavy atom. The summed E-state index contributed by atoms with van der Waals surface area (Å²) in [5.41, 5.74) is 4.26. The fraction of sp³-hybridized carbons (Fsp3) is 0.161. The summed E-state index contributed by atoms with van der Waals surface area (Å²) in [7, 11) is 0. The summed E-state index contributed by atoms with van der Waals surface area (Å²) in [5.74, 6) is 2.21. The van der Waals surface area contributed by atoms with E-state index in [0.29, 0.717) is 0 Å². The van der Waals surface area contributed by atoms with E-state index in [4.69, 9.17) is 9.97 Å². The van der Waals surface area contributed by atoms with Crippen LogP contribution in [0.4, 0.5) is 0 Å². The number of para-hydroxylation sites is 2. The van der Waals surface area contributed by atoms with Gasteiger partial charge in [-0.25, -0.2) is 9.97 Å². The molecule has 0 saturated carbocycles. The van der Waals surface area contributed by atoms with E-state index in [9.17, 15) is 0 Å². The van der Waals surface area contributed by atoms with Crippen LogP contribution in [0.25, 0.3) is 43.6 Å². The zero-order chi connectivity index (χ0) is 25.2. The number of unbranched alkanes of at least 4 members (excludes halogenated alkanes) is 2. The van der Waals surface area contributed by atoms with Crippen LogP contribution in [-0.4, -0.2) is 21.5 Å². The van der Waals surface area contributed by atoms with Crippen LogP contribution >= 0.6 is 55.4 Å². The molecule has 184 valence electrons. The Labute approximate surface area is 241 Å². The zero-order valence-electron chi connectivity index (χ0n) is 20.1. The van der Waals surface area contributed by atoms with Crippen LogP contribution in [-0.2, 0) is 0 Å². The van der Waals surface area contributed by atoms with Crippen LogP contribution < -0.4 is 0 Å². The van der Waals surface area contributed by atoms with E-state index in [2.05, 4.69) is 117 Å². The molecule has 2 heterocycles. The number of hydrogen-bond acceptors (Lipinski definition) is 4. The van der Waals surface area contributed by atoms with Gasteiger partial charge >= 0.3 is 0 Å². The second-order valence-electron chi connectivity index (χ2n) is 9.00. The minimum absolute atomic E-state index is 1.06. The van der Waals surface area contributed by atoms with Gasteiger partial charge in [-0.05, 0) is 72.9 Å². The molecule has 6 aromatic rings. The van der Waals surface area contributed by atoms with Gasteiger partial charge in [0.15, 0.2) is 0 Å². The zero-order valence-corrected chi connectivity index (χ0v) is 24.9. The predicted octanol–water partition coefficient (Wildman–Crippen LogP) is 10.7. The predicted molar refractivity (Wildman–Crippen MR) is 169 cm³/mol. The lowest BCUT2D eigenvalue weighted by atomic mass is 10.1. The molecule has 2 nitrogen and oxygen atoms in total. The molecule has 0 aliphatic rings. The van der Waals surface area contributed by atoms with E-state index in [-0.39, 0.29) is 0 Å². The molecule has 0 aliphatic heterocycles. The van der Waals surface area contributed by atoms with Crippen LogP contribution in [0.5, 0.6) is 0 Å². The largest absolute Gasteiger partial charge is 0.248 e. The molecule has 0 fully saturated rings. The van der Waals surface area contributed by atoms with Gasteiger partial charge in [-0.2, -0.15) is 0 Å². The van der Waals surface area contributed by atoms with Crippen molar-refractivity contribution in [1.82, 2.24) is 9.97 Å². The Morgan fingerprint density at radius 2 is 0.919 bits per heavy atom. The molecule has 37 heavy (non-hydrogen) atoms. The SMILES string of the molecule is Brc1ccc2nc3ccccc3c(SCCCCCSc3c4ccccc4nc4ccc(Br)cc34)c2c1. The topological polar surface area (TPSA) is 25.8 Å². The molecular weight excluding hydrogens is 624 g/mol. The number of thioether (sulfide) groups is 2. The highest BCUT2D eigenvalue weighted by molar-refractivity contribution is 9.10. The third-order valence-corrected chi connectivity index (χ3v) is 9.90. The number of fused-ring (bicyclic) bond motifs is 4. The van der Waals surface area contributed by atoms with Crippen LogP contribution in [0.2, 0.25) is 0 Å². The lowest BCUT2D eigenvalue weighted by Crippen LogP contribution is -1.91. The van der Waals surface area contributed by atoms with Crippen molar-refractivity contribution < 1.29 is 0 Å². The van der Waals surface area contributed by atoms with Crippen molar-refractivity contribution in [3.63, 3.8) is 0 Å². The lowest BCUT2D eigenvalue weighted by Gasteiger charge is -2.12. The van der Waals surface area contributed by atoms with E-state index >= 15 is 0 Å². The molecular formula is C31H24Br2N2S2. The number of nitrogens with zero attached hydrogens (tertiary/aromatic N) is 2. The van der Waals surface area contributed by atoms with Crippen molar-refractivity contribution in [2.24, 2.45) is 0 Å². The van der Waals surface area contributed by atoms with Crippen molar-refractivity contribution in [3.05, 3.63) is 93.9 Å². The van der Waals surface area contributed by atoms with Gasteiger partial charge in [-0.3, -0.25) is 0 Å². The van der Waals surface area contributed by atoms with E-state index in [1.165, 1.54) is 50.6 Å². The number of benzene rings is 4. The van der Waals surface area contributed by atoms with Crippen molar-refractivity contribution in [1.29, 1.82) is 0 Å². The summed E-state index contributed by atoms with van der Waals surface area (Å²) in [4.78, 5) is 12.5. The Balaban J connectivity index is 1.12. The summed E-state index contributed by atoms with van der Waals surface area (Å²) in [6.45, 7) is 0. The molecule has 0 saturated heterocycles. The summed E-state index contributed by atoms with van der Waals surface area (Å²) < 4.78 is 2.19. The third-order valence-electron chi connectivity index (χ3n) is 6.47. The Morgan fingerprint density at radius 3 is 1.41 bits per heavy atom.